The first kappa shape index (κ1) is 13.9. The Morgan fingerprint density at radius 2 is 2.47 bits per heavy atom. The van der Waals surface area contributed by atoms with Crippen molar-refractivity contribution in [2.75, 3.05) is 13.7 Å². The lowest BCUT2D eigenvalue weighted by molar-refractivity contribution is -0.140. The van der Waals surface area contributed by atoms with E-state index in [9.17, 15) is 4.79 Å². The summed E-state index contributed by atoms with van der Waals surface area (Å²) in [6.07, 6.45) is 1.26. The summed E-state index contributed by atoms with van der Waals surface area (Å²) in [7, 11) is 1.48. The van der Waals surface area contributed by atoms with Crippen molar-refractivity contribution in [2.45, 2.75) is 44.4 Å². The highest BCUT2D eigenvalue weighted by Gasteiger charge is 2.37. The molecule has 1 aromatic heterocycles. The number of nitrogens with zero attached hydrogens (tertiary/aromatic N) is 4. The first-order valence-corrected chi connectivity index (χ1v) is 6.20. The lowest BCUT2D eigenvalue weighted by atomic mass is 10.0. The number of ether oxygens (including phenoxy) is 2. The van der Waals surface area contributed by atoms with E-state index in [0.29, 0.717) is 19.0 Å². The molecule has 0 aromatic carbocycles. The highest BCUT2D eigenvalue weighted by Crippen LogP contribution is 2.33. The predicted octanol–water partition coefficient (Wildman–Crippen LogP) is 0.188. The molecule has 8 heteroatoms. The first-order chi connectivity index (χ1) is 9.05. The summed E-state index contributed by atoms with van der Waals surface area (Å²) < 4.78 is 12.4. The molecule has 2 heterocycles. The average molecular weight is 270 g/mol. The van der Waals surface area contributed by atoms with E-state index in [0.717, 1.165) is 12.8 Å². The molecule has 0 amide bonds. The molecule has 1 N–H and O–H groups in total. The van der Waals surface area contributed by atoms with Gasteiger partial charge in [0, 0.05) is 13.7 Å². The zero-order chi connectivity index (χ0) is 13.9. The maximum Gasteiger partial charge on any atom is 0.306 e. The van der Waals surface area contributed by atoms with E-state index in [-0.39, 0.29) is 6.42 Å². The van der Waals surface area contributed by atoms with Gasteiger partial charge in [-0.2, -0.15) is 0 Å². The second kappa shape index (κ2) is 5.62. The van der Waals surface area contributed by atoms with Crippen molar-refractivity contribution in [3.8, 4) is 0 Å². The fraction of sp³-hybridized carbons (Fsp3) is 0.818. The number of aliphatic carboxylic acids is 1. The first-order valence-electron chi connectivity index (χ1n) is 6.20. The molecular formula is C11H18N4O4. The van der Waals surface area contributed by atoms with Crippen LogP contribution in [0.4, 0.5) is 0 Å². The summed E-state index contributed by atoms with van der Waals surface area (Å²) >= 11 is 0. The average Bonchev–Trinajstić information content (AvgIpc) is 2.97. The Labute approximate surface area is 110 Å². The molecule has 2 rings (SSSR count). The van der Waals surface area contributed by atoms with Crippen molar-refractivity contribution < 1.29 is 19.4 Å². The van der Waals surface area contributed by atoms with E-state index in [4.69, 9.17) is 14.6 Å². The lowest BCUT2D eigenvalue weighted by Crippen LogP contribution is -2.30. The summed E-state index contributed by atoms with van der Waals surface area (Å²) in [5.74, 6) is -0.290. The minimum Gasteiger partial charge on any atom is -0.481 e. The normalized spacial score (nSPS) is 24.5. The van der Waals surface area contributed by atoms with E-state index in [1.807, 2.05) is 6.92 Å². The Balaban J connectivity index is 2.13. The Hall–Kier alpha value is -1.54. The molecule has 106 valence electrons. The summed E-state index contributed by atoms with van der Waals surface area (Å²) in [6.45, 7) is 2.93. The highest BCUT2D eigenvalue weighted by molar-refractivity contribution is 5.67. The van der Waals surface area contributed by atoms with Gasteiger partial charge in [0.25, 0.3) is 0 Å². The zero-order valence-electron chi connectivity index (χ0n) is 11.1. The second-order valence-electron chi connectivity index (χ2n) is 4.82. The number of carboxylic acids is 1. The molecule has 2 atom stereocenters. The van der Waals surface area contributed by atoms with Crippen LogP contribution in [0.5, 0.6) is 0 Å². The van der Waals surface area contributed by atoms with E-state index >= 15 is 0 Å². The Kier molecular flexibility index (Phi) is 4.11. The van der Waals surface area contributed by atoms with Gasteiger partial charge in [-0.25, -0.2) is 4.68 Å². The fourth-order valence-corrected chi connectivity index (χ4v) is 2.27. The van der Waals surface area contributed by atoms with Crippen LogP contribution in [0.2, 0.25) is 0 Å². The zero-order valence-corrected chi connectivity index (χ0v) is 11.1. The monoisotopic (exact) mass is 270 g/mol. The van der Waals surface area contributed by atoms with E-state index in [1.54, 1.807) is 4.68 Å². The van der Waals surface area contributed by atoms with Crippen molar-refractivity contribution in [2.24, 2.45) is 0 Å². The van der Waals surface area contributed by atoms with E-state index < -0.39 is 17.7 Å². The van der Waals surface area contributed by atoms with Gasteiger partial charge in [0.15, 0.2) is 5.82 Å². The minimum atomic E-state index is -0.912. The number of aromatic nitrogens is 4. The highest BCUT2D eigenvalue weighted by atomic mass is 16.5. The van der Waals surface area contributed by atoms with Crippen molar-refractivity contribution in [3.63, 3.8) is 0 Å². The molecule has 1 aliphatic heterocycles. The van der Waals surface area contributed by atoms with Crippen molar-refractivity contribution in [3.05, 3.63) is 5.82 Å². The van der Waals surface area contributed by atoms with Crippen molar-refractivity contribution in [1.29, 1.82) is 0 Å². The third-order valence-corrected chi connectivity index (χ3v) is 3.34. The van der Waals surface area contributed by atoms with Gasteiger partial charge in [-0.15, -0.1) is 5.10 Å². The van der Waals surface area contributed by atoms with Crippen LogP contribution in [0.15, 0.2) is 0 Å². The molecule has 19 heavy (non-hydrogen) atoms. The minimum absolute atomic E-state index is 0.0899. The smallest absolute Gasteiger partial charge is 0.306 e. The van der Waals surface area contributed by atoms with Crippen LogP contribution in [0.25, 0.3) is 0 Å². The lowest BCUT2D eigenvalue weighted by Gasteiger charge is -2.22. The molecule has 0 bridgehead atoms. The predicted molar refractivity (Wildman–Crippen MR) is 63.4 cm³/mol. The molecule has 0 aliphatic carbocycles. The molecule has 0 saturated carbocycles. The number of carbonyl (C=O) groups is 1. The van der Waals surface area contributed by atoms with Crippen LogP contribution < -0.4 is 0 Å². The summed E-state index contributed by atoms with van der Waals surface area (Å²) in [4.78, 5) is 10.7. The largest absolute Gasteiger partial charge is 0.481 e. The second-order valence-corrected chi connectivity index (χ2v) is 4.82. The fourth-order valence-electron chi connectivity index (χ4n) is 2.27. The van der Waals surface area contributed by atoms with Crippen LogP contribution in [0.3, 0.4) is 0 Å². The third-order valence-electron chi connectivity index (χ3n) is 3.34. The van der Waals surface area contributed by atoms with Crippen molar-refractivity contribution in [1.82, 2.24) is 20.2 Å². The van der Waals surface area contributed by atoms with Gasteiger partial charge < -0.3 is 14.6 Å². The standard InChI is InChI=1S/C11H18N4O4/c1-11(4-3-5-19-11)10-12-13-14-15(10)7-8(18-2)6-9(16)17/h8H,3-7H2,1-2H3,(H,16,17). The van der Waals surface area contributed by atoms with Gasteiger partial charge in [-0.1, -0.05) is 0 Å². The molecule has 1 aromatic rings. The molecule has 1 saturated heterocycles. The Bertz CT molecular complexity index is 442. The van der Waals surface area contributed by atoms with Gasteiger partial charge in [0.05, 0.1) is 19.1 Å². The number of carboxylic acid groups (broad SMARTS) is 1. The van der Waals surface area contributed by atoms with Gasteiger partial charge in [-0.05, 0) is 30.2 Å². The number of hydrogen-bond donors (Lipinski definition) is 1. The molecular weight excluding hydrogens is 252 g/mol. The maximum atomic E-state index is 10.7. The summed E-state index contributed by atoms with van der Waals surface area (Å²) in [5, 5.41) is 20.4. The van der Waals surface area contributed by atoms with E-state index in [1.165, 1.54) is 7.11 Å². The van der Waals surface area contributed by atoms with Gasteiger partial charge in [-0.3, -0.25) is 4.79 Å². The molecule has 8 nitrogen and oxygen atoms in total. The number of tetrazole rings is 1. The van der Waals surface area contributed by atoms with Crippen LogP contribution in [0.1, 0.15) is 32.0 Å². The van der Waals surface area contributed by atoms with Crippen LogP contribution in [0, 0.1) is 0 Å². The molecule has 1 fully saturated rings. The van der Waals surface area contributed by atoms with Gasteiger partial charge >= 0.3 is 5.97 Å². The molecule has 1 aliphatic rings. The summed E-state index contributed by atoms with van der Waals surface area (Å²) in [5.41, 5.74) is -0.495. The molecule has 0 spiro atoms. The van der Waals surface area contributed by atoms with Crippen molar-refractivity contribution >= 4 is 5.97 Å². The van der Waals surface area contributed by atoms with Crippen LogP contribution in [-0.4, -0.2) is 51.1 Å². The van der Waals surface area contributed by atoms with Crippen LogP contribution in [-0.2, 0) is 26.4 Å². The molecule has 2 unspecified atom stereocenters. The van der Waals surface area contributed by atoms with E-state index in [2.05, 4.69) is 15.5 Å². The van der Waals surface area contributed by atoms with Gasteiger partial charge in [0.1, 0.15) is 5.60 Å². The topological polar surface area (TPSA) is 99.4 Å². The quantitative estimate of drug-likeness (QED) is 0.787. The van der Waals surface area contributed by atoms with Gasteiger partial charge in [0.2, 0.25) is 0 Å². The summed E-state index contributed by atoms with van der Waals surface area (Å²) in [6, 6.07) is 0. The molecule has 0 radical (unpaired) electrons. The van der Waals surface area contributed by atoms with Crippen LogP contribution >= 0.6 is 0 Å². The Morgan fingerprint density at radius 3 is 3.05 bits per heavy atom. The number of hydrogen-bond acceptors (Lipinski definition) is 6. The third kappa shape index (κ3) is 3.07. The number of methoxy groups -OCH3 is 1. The maximum absolute atomic E-state index is 10.7. The SMILES string of the molecule is COC(CC(=O)O)Cn1nnnc1C1(C)CCCO1. The number of rotatable bonds is 6. The Morgan fingerprint density at radius 1 is 1.68 bits per heavy atom.